The van der Waals surface area contributed by atoms with Crippen LogP contribution in [0, 0.1) is 11.6 Å². The van der Waals surface area contributed by atoms with E-state index in [1.54, 1.807) is 29.2 Å². The van der Waals surface area contributed by atoms with Crippen LogP contribution in [0.5, 0.6) is 0 Å². The van der Waals surface area contributed by atoms with Crippen molar-refractivity contribution in [3.05, 3.63) is 131 Å². The summed E-state index contributed by atoms with van der Waals surface area (Å²) in [7, 11) is 0. The number of para-hydroxylation sites is 1. The number of aromatic nitrogens is 3. The van der Waals surface area contributed by atoms with Crippen LogP contribution in [-0.2, 0) is 13.0 Å². The van der Waals surface area contributed by atoms with E-state index in [4.69, 9.17) is 5.10 Å². The molecule has 0 saturated carbocycles. The van der Waals surface area contributed by atoms with Crippen molar-refractivity contribution in [1.82, 2.24) is 19.2 Å². The lowest BCUT2D eigenvalue weighted by Crippen LogP contribution is -2.38. The van der Waals surface area contributed by atoms with Crippen LogP contribution < -0.4 is 5.32 Å². The number of benzene rings is 3. The van der Waals surface area contributed by atoms with Crippen molar-refractivity contribution in [2.75, 3.05) is 5.32 Å². The van der Waals surface area contributed by atoms with Crippen molar-refractivity contribution in [1.29, 1.82) is 0 Å². The average Bonchev–Trinajstić information content (AvgIpc) is 3.51. The third kappa shape index (κ3) is 4.14. The minimum absolute atomic E-state index is 0.246. The van der Waals surface area contributed by atoms with Crippen LogP contribution in [0.25, 0.3) is 11.5 Å². The maximum Gasteiger partial charge on any atom is 0.322 e. The number of fused-ring (bicyclic) bond motifs is 3. The summed E-state index contributed by atoms with van der Waals surface area (Å²) >= 11 is 0. The molecular weight excluding hydrogens is 484 g/mol. The molecule has 3 aromatic carbocycles. The van der Waals surface area contributed by atoms with Crippen molar-refractivity contribution in [2.45, 2.75) is 25.9 Å². The van der Waals surface area contributed by atoms with Crippen LogP contribution in [-0.4, -0.2) is 25.3 Å². The lowest BCUT2D eigenvalue weighted by atomic mass is 10.0. The summed E-state index contributed by atoms with van der Waals surface area (Å²) in [6.07, 6.45) is 2.62. The van der Waals surface area contributed by atoms with Gasteiger partial charge in [0.05, 0.1) is 29.7 Å². The second-order valence-electron chi connectivity index (χ2n) is 9.18. The van der Waals surface area contributed by atoms with Crippen LogP contribution in [0.15, 0.2) is 97.2 Å². The van der Waals surface area contributed by atoms with Gasteiger partial charge in [-0.2, -0.15) is 5.10 Å². The molecule has 0 fully saturated rings. The van der Waals surface area contributed by atoms with Crippen LogP contribution in [0.1, 0.15) is 35.5 Å². The number of carbonyl (C=O) groups is 1. The minimum atomic E-state index is -0.541. The van der Waals surface area contributed by atoms with Gasteiger partial charge in [0.2, 0.25) is 0 Å². The molecule has 0 spiro atoms. The van der Waals surface area contributed by atoms with Gasteiger partial charge >= 0.3 is 6.03 Å². The topological polar surface area (TPSA) is 55.1 Å². The Morgan fingerprint density at radius 2 is 1.74 bits per heavy atom. The highest BCUT2D eigenvalue weighted by Gasteiger charge is 2.36. The lowest BCUT2D eigenvalue weighted by molar-refractivity contribution is 0.194. The standard InChI is InChI=1S/C30H25F2N5O/c1-2-26-25-19-36(30(38)33-23-9-6-8-22(32)18-23)28(20-13-15-21(31)16-14-20)27-12-7-17-35(27)29(25)37(34-26)24-10-4-3-5-11-24/h3-18,28H,2,19H2,1H3,(H,33,38)/t28-/m1/s1. The van der Waals surface area contributed by atoms with E-state index in [-0.39, 0.29) is 12.4 Å². The molecule has 2 amide bonds. The molecule has 0 aliphatic carbocycles. The smallest absolute Gasteiger partial charge is 0.308 e. The molecule has 38 heavy (non-hydrogen) atoms. The van der Waals surface area contributed by atoms with Gasteiger partial charge in [-0.25, -0.2) is 18.3 Å². The zero-order chi connectivity index (χ0) is 26.2. The highest BCUT2D eigenvalue weighted by Crippen LogP contribution is 2.39. The Kier molecular flexibility index (Phi) is 5.99. The SMILES string of the molecule is CCc1nn(-c2ccccc2)c2c1CN(C(=O)Nc1cccc(F)c1)[C@H](c1ccc(F)cc1)c1cccn1-2. The third-order valence-electron chi connectivity index (χ3n) is 6.83. The second kappa shape index (κ2) is 9.63. The molecule has 1 N–H and O–H groups in total. The van der Waals surface area contributed by atoms with E-state index in [1.807, 2.05) is 60.3 Å². The molecule has 2 aromatic heterocycles. The molecule has 1 aliphatic rings. The fraction of sp³-hybridized carbons (Fsp3) is 0.133. The molecule has 0 bridgehead atoms. The number of aryl methyl sites for hydroxylation is 1. The van der Waals surface area contributed by atoms with E-state index >= 15 is 0 Å². The first-order valence-electron chi connectivity index (χ1n) is 12.5. The zero-order valence-electron chi connectivity index (χ0n) is 20.7. The Balaban J connectivity index is 1.55. The van der Waals surface area contributed by atoms with Crippen molar-refractivity contribution < 1.29 is 13.6 Å². The fourth-order valence-corrected chi connectivity index (χ4v) is 5.11. The van der Waals surface area contributed by atoms with E-state index in [0.717, 1.165) is 34.0 Å². The summed E-state index contributed by atoms with van der Waals surface area (Å²) in [5.74, 6) is 0.0494. The quantitative estimate of drug-likeness (QED) is 0.295. The van der Waals surface area contributed by atoms with Gasteiger partial charge in [0.15, 0.2) is 0 Å². The van der Waals surface area contributed by atoms with E-state index in [0.29, 0.717) is 12.1 Å². The molecule has 6 nitrogen and oxygen atoms in total. The number of amides is 2. The molecule has 1 atom stereocenters. The lowest BCUT2D eigenvalue weighted by Gasteiger charge is -2.31. The van der Waals surface area contributed by atoms with Crippen molar-refractivity contribution >= 4 is 11.7 Å². The van der Waals surface area contributed by atoms with Crippen LogP contribution in [0.4, 0.5) is 19.3 Å². The summed E-state index contributed by atoms with van der Waals surface area (Å²) in [5, 5.41) is 7.80. The number of rotatable bonds is 4. The van der Waals surface area contributed by atoms with Gasteiger partial charge in [-0.1, -0.05) is 43.3 Å². The molecule has 0 radical (unpaired) electrons. The third-order valence-corrected chi connectivity index (χ3v) is 6.83. The number of urea groups is 1. The Morgan fingerprint density at radius 3 is 2.47 bits per heavy atom. The predicted octanol–water partition coefficient (Wildman–Crippen LogP) is 6.64. The monoisotopic (exact) mass is 509 g/mol. The molecular formula is C30H25F2N5O. The Labute approximate surface area is 218 Å². The summed E-state index contributed by atoms with van der Waals surface area (Å²) in [4.78, 5) is 15.6. The summed E-state index contributed by atoms with van der Waals surface area (Å²) < 4.78 is 31.8. The van der Waals surface area contributed by atoms with Gasteiger partial charge in [-0.15, -0.1) is 0 Å². The van der Waals surface area contributed by atoms with E-state index in [9.17, 15) is 13.6 Å². The summed E-state index contributed by atoms with van der Waals surface area (Å²) in [6.45, 7) is 2.28. The number of halogens is 2. The maximum absolute atomic E-state index is 13.9. The van der Waals surface area contributed by atoms with Crippen molar-refractivity contribution in [2.24, 2.45) is 0 Å². The molecule has 5 aromatic rings. The maximum atomic E-state index is 13.9. The van der Waals surface area contributed by atoms with Gasteiger partial charge in [0.25, 0.3) is 0 Å². The molecule has 0 unspecified atom stereocenters. The van der Waals surface area contributed by atoms with Crippen molar-refractivity contribution in [3.63, 3.8) is 0 Å². The largest absolute Gasteiger partial charge is 0.322 e. The van der Waals surface area contributed by atoms with Gasteiger partial charge < -0.3 is 14.8 Å². The van der Waals surface area contributed by atoms with Crippen LogP contribution in [0.2, 0.25) is 0 Å². The minimum Gasteiger partial charge on any atom is -0.308 e. The van der Waals surface area contributed by atoms with Crippen molar-refractivity contribution in [3.8, 4) is 11.5 Å². The van der Waals surface area contributed by atoms with Crippen LogP contribution in [0.3, 0.4) is 0 Å². The van der Waals surface area contributed by atoms with Gasteiger partial charge in [0.1, 0.15) is 17.5 Å². The molecule has 190 valence electrons. The van der Waals surface area contributed by atoms with Gasteiger partial charge in [0, 0.05) is 17.4 Å². The number of carbonyl (C=O) groups excluding carboxylic acids is 1. The van der Waals surface area contributed by atoms with E-state index in [1.165, 1.54) is 24.3 Å². The first kappa shape index (κ1) is 23.7. The highest BCUT2D eigenvalue weighted by molar-refractivity contribution is 5.90. The van der Waals surface area contributed by atoms with E-state index < -0.39 is 17.9 Å². The Hall–Kier alpha value is -4.72. The zero-order valence-corrected chi connectivity index (χ0v) is 20.7. The molecule has 8 heteroatoms. The van der Waals surface area contributed by atoms with Crippen LogP contribution >= 0.6 is 0 Å². The number of hydrogen-bond acceptors (Lipinski definition) is 2. The number of hydrogen-bond donors (Lipinski definition) is 1. The summed E-state index contributed by atoms with van der Waals surface area (Å²) in [6, 6.07) is 24.8. The fourth-order valence-electron chi connectivity index (χ4n) is 5.11. The number of nitrogens with zero attached hydrogens (tertiary/aromatic N) is 4. The second-order valence-corrected chi connectivity index (χ2v) is 9.18. The number of nitrogens with one attached hydrogen (secondary N) is 1. The molecule has 1 aliphatic heterocycles. The van der Waals surface area contributed by atoms with E-state index in [2.05, 4.69) is 9.88 Å². The predicted molar refractivity (Wildman–Crippen MR) is 141 cm³/mol. The first-order valence-corrected chi connectivity index (χ1v) is 12.5. The molecule has 3 heterocycles. The average molecular weight is 510 g/mol. The summed E-state index contributed by atoms with van der Waals surface area (Å²) in [5.41, 5.74) is 4.61. The highest BCUT2D eigenvalue weighted by atomic mass is 19.1. The number of anilines is 1. The van der Waals surface area contributed by atoms with Gasteiger partial charge in [-0.3, -0.25) is 0 Å². The Morgan fingerprint density at radius 1 is 0.947 bits per heavy atom. The molecule has 0 saturated heterocycles. The molecule has 6 rings (SSSR count). The Bertz CT molecular complexity index is 1610. The van der Waals surface area contributed by atoms with Gasteiger partial charge in [-0.05, 0) is 66.6 Å². The first-order chi connectivity index (χ1) is 18.5. The normalized spacial score (nSPS) is 14.5.